The molecule has 1 saturated carbocycles. The van der Waals surface area contributed by atoms with Crippen molar-refractivity contribution in [3.05, 3.63) is 64.9 Å². The van der Waals surface area contributed by atoms with Crippen LogP contribution in [0, 0.1) is 6.92 Å². The van der Waals surface area contributed by atoms with Gasteiger partial charge in [0.15, 0.2) is 0 Å². The van der Waals surface area contributed by atoms with Gasteiger partial charge >= 0.3 is 6.03 Å². The molecule has 1 aliphatic heterocycles. The summed E-state index contributed by atoms with van der Waals surface area (Å²) in [5, 5.41) is 8.78. The molecule has 2 aliphatic rings. The lowest BCUT2D eigenvalue weighted by Crippen LogP contribution is -2.50. The molecule has 148 valence electrons. The minimum Gasteiger partial charge on any atom is -0.487 e. The van der Waals surface area contributed by atoms with E-state index in [0.717, 1.165) is 59.0 Å². The van der Waals surface area contributed by atoms with E-state index in [9.17, 15) is 4.79 Å². The van der Waals surface area contributed by atoms with Gasteiger partial charge in [0, 0.05) is 40.2 Å². The fraction of sp³-hybridized carbons (Fsp3) is 0.304. The van der Waals surface area contributed by atoms with E-state index >= 15 is 0 Å². The van der Waals surface area contributed by atoms with E-state index in [2.05, 4.69) is 15.6 Å². The number of halogens is 1. The summed E-state index contributed by atoms with van der Waals surface area (Å²) in [6.07, 6.45) is 7.47. The molecule has 1 spiro atoms. The average Bonchev–Trinajstić information content (AvgIpc) is 2.68. The second kappa shape index (κ2) is 6.92. The number of nitrogens with zero attached hydrogens (tertiary/aromatic N) is 1. The normalized spacial score (nSPS) is 19.2. The van der Waals surface area contributed by atoms with Crippen molar-refractivity contribution in [2.24, 2.45) is 0 Å². The van der Waals surface area contributed by atoms with E-state index < -0.39 is 0 Å². The van der Waals surface area contributed by atoms with Crippen LogP contribution in [0.15, 0.2) is 48.8 Å². The predicted octanol–water partition coefficient (Wildman–Crippen LogP) is 5.76. The zero-order valence-corrected chi connectivity index (χ0v) is 16.9. The smallest absolute Gasteiger partial charge is 0.319 e. The number of fused-ring (bicyclic) bond motifs is 2. The minimum atomic E-state index is -0.238. The summed E-state index contributed by atoms with van der Waals surface area (Å²) in [5.41, 5.74) is 2.51. The standard InChI is InChI=1S/C23H22ClN3O2/c1-14-10-21-17(11-18(14)24)20(12-23(29-21)7-3-8-23)27-22(28)26-19-5-2-4-15-13-25-9-6-16(15)19/h2,4-6,9-11,13,20H,3,7-8,12H2,1H3,(H2,26,27,28). The van der Waals surface area contributed by atoms with Crippen molar-refractivity contribution in [2.45, 2.75) is 44.2 Å². The topological polar surface area (TPSA) is 63.2 Å². The van der Waals surface area contributed by atoms with Crippen LogP contribution < -0.4 is 15.4 Å². The van der Waals surface area contributed by atoms with Crippen LogP contribution in [-0.4, -0.2) is 16.6 Å². The monoisotopic (exact) mass is 407 g/mol. The van der Waals surface area contributed by atoms with E-state index in [0.29, 0.717) is 5.02 Å². The molecule has 1 atom stereocenters. The number of amides is 2. The molecular weight excluding hydrogens is 386 g/mol. The van der Waals surface area contributed by atoms with Gasteiger partial charge in [-0.3, -0.25) is 4.98 Å². The van der Waals surface area contributed by atoms with Gasteiger partial charge in [0.05, 0.1) is 11.7 Å². The molecule has 0 saturated heterocycles. The van der Waals surface area contributed by atoms with Gasteiger partial charge in [-0.2, -0.15) is 0 Å². The molecule has 3 aromatic rings. The number of aryl methyl sites for hydroxylation is 1. The molecular formula is C23H22ClN3O2. The molecule has 5 rings (SSSR count). The van der Waals surface area contributed by atoms with Crippen LogP contribution in [0.2, 0.25) is 5.02 Å². The Morgan fingerprint density at radius 3 is 2.93 bits per heavy atom. The highest BCUT2D eigenvalue weighted by atomic mass is 35.5. The Labute approximate surface area is 174 Å². The van der Waals surface area contributed by atoms with Crippen LogP contribution in [-0.2, 0) is 0 Å². The second-order valence-corrected chi connectivity index (χ2v) is 8.44. The number of nitrogens with one attached hydrogen (secondary N) is 2. The molecule has 29 heavy (non-hydrogen) atoms. The molecule has 2 aromatic carbocycles. The Bertz CT molecular complexity index is 1110. The van der Waals surface area contributed by atoms with Crippen molar-refractivity contribution in [1.82, 2.24) is 10.3 Å². The van der Waals surface area contributed by atoms with Crippen molar-refractivity contribution < 1.29 is 9.53 Å². The maximum atomic E-state index is 12.9. The summed E-state index contributed by atoms with van der Waals surface area (Å²) >= 11 is 6.37. The van der Waals surface area contributed by atoms with Crippen molar-refractivity contribution in [1.29, 1.82) is 0 Å². The number of hydrogen-bond acceptors (Lipinski definition) is 3. The maximum Gasteiger partial charge on any atom is 0.319 e. The Kier molecular flexibility index (Phi) is 4.36. The van der Waals surface area contributed by atoms with Gasteiger partial charge < -0.3 is 15.4 Å². The molecule has 1 unspecified atom stereocenters. The highest BCUT2D eigenvalue weighted by molar-refractivity contribution is 6.31. The molecule has 6 heteroatoms. The number of anilines is 1. The van der Waals surface area contributed by atoms with Gasteiger partial charge in [0.1, 0.15) is 11.4 Å². The lowest BCUT2D eigenvalue weighted by atomic mass is 9.73. The predicted molar refractivity (Wildman–Crippen MR) is 115 cm³/mol. The van der Waals surface area contributed by atoms with E-state index in [-0.39, 0.29) is 17.7 Å². The van der Waals surface area contributed by atoms with E-state index in [1.807, 2.05) is 43.3 Å². The summed E-state index contributed by atoms with van der Waals surface area (Å²) in [6.45, 7) is 1.97. The van der Waals surface area contributed by atoms with Crippen LogP contribution in [0.5, 0.6) is 5.75 Å². The molecule has 2 heterocycles. The van der Waals surface area contributed by atoms with Crippen molar-refractivity contribution in [3.8, 4) is 5.75 Å². The van der Waals surface area contributed by atoms with Gasteiger partial charge in [-0.25, -0.2) is 4.79 Å². The lowest BCUT2D eigenvalue weighted by Gasteiger charge is -2.48. The Balaban J connectivity index is 1.42. The minimum absolute atomic E-state index is 0.145. The number of carbonyl (C=O) groups is 1. The molecule has 1 fully saturated rings. The Hall–Kier alpha value is -2.79. The molecule has 2 N–H and O–H groups in total. The number of hydrogen-bond donors (Lipinski definition) is 2. The van der Waals surface area contributed by atoms with Crippen molar-refractivity contribution in [2.75, 3.05) is 5.32 Å². The third-order valence-electron chi connectivity index (χ3n) is 6.07. The van der Waals surface area contributed by atoms with Crippen LogP contribution >= 0.6 is 11.6 Å². The number of urea groups is 1. The SMILES string of the molecule is Cc1cc2c(cc1Cl)C(NC(=O)Nc1cccc3cnccc13)CC1(CCC1)O2. The Morgan fingerprint density at radius 2 is 2.14 bits per heavy atom. The summed E-state index contributed by atoms with van der Waals surface area (Å²) < 4.78 is 6.34. The zero-order valence-electron chi connectivity index (χ0n) is 16.2. The number of benzene rings is 2. The van der Waals surface area contributed by atoms with Crippen LogP contribution in [0.3, 0.4) is 0 Å². The van der Waals surface area contributed by atoms with Crippen LogP contribution in [0.1, 0.15) is 42.9 Å². The highest BCUT2D eigenvalue weighted by Gasteiger charge is 2.46. The number of rotatable bonds is 2. The molecule has 0 radical (unpaired) electrons. The van der Waals surface area contributed by atoms with Gasteiger partial charge in [-0.1, -0.05) is 23.7 Å². The molecule has 2 amide bonds. The second-order valence-electron chi connectivity index (χ2n) is 8.04. The first-order valence-electron chi connectivity index (χ1n) is 9.92. The van der Waals surface area contributed by atoms with Crippen molar-refractivity contribution >= 4 is 34.1 Å². The summed E-state index contributed by atoms with van der Waals surface area (Å²) in [6, 6.07) is 11.2. The quantitative estimate of drug-likeness (QED) is 0.567. The number of ether oxygens (including phenoxy) is 1. The first kappa shape index (κ1) is 18.3. The van der Waals surface area contributed by atoms with Gasteiger partial charge in [0.25, 0.3) is 0 Å². The third kappa shape index (κ3) is 3.29. The van der Waals surface area contributed by atoms with Gasteiger partial charge in [-0.15, -0.1) is 0 Å². The third-order valence-corrected chi connectivity index (χ3v) is 6.48. The highest BCUT2D eigenvalue weighted by Crippen LogP contribution is 2.49. The first-order chi connectivity index (χ1) is 14.0. The summed E-state index contributed by atoms with van der Waals surface area (Å²) in [4.78, 5) is 17.0. The fourth-order valence-corrected chi connectivity index (χ4v) is 4.51. The van der Waals surface area contributed by atoms with E-state index in [4.69, 9.17) is 16.3 Å². The van der Waals surface area contributed by atoms with Gasteiger partial charge in [0.2, 0.25) is 0 Å². The summed E-state index contributed by atoms with van der Waals surface area (Å²) in [7, 11) is 0. The number of aromatic nitrogens is 1. The van der Waals surface area contributed by atoms with Crippen LogP contribution in [0.4, 0.5) is 10.5 Å². The van der Waals surface area contributed by atoms with Crippen LogP contribution in [0.25, 0.3) is 10.8 Å². The van der Waals surface area contributed by atoms with E-state index in [1.165, 1.54) is 0 Å². The molecule has 1 aliphatic carbocycles. The number of pyridine rings is 1. The fourth-order valence-electron chi connectivity index (χ4n) is 4.34. The average molecular weight is 408 g/mol. The van der Waals surface area contributed by atoms with E-state index in [1.54, 1.807) is 12.4 Å². The molecule has 5 nitrogen and oxygen atoms in total. The lowest BCUT2D eigenvalue weighted by molar-refractivity contribution is -0.0354. The number of carbonyl (C=O) groups excluding carboxylic acids is 1. The zero-order chi connectivity index (χ0) is 20.0. The summed E-state index contributed by atoms with van der Waals surface area (Å²) in [5.74, 6) is 0.833. The molecule has 0 bridgehead atoms. The van der Waals surface area contributed by atoms with Gasteiger partial charge in [-0.05, 0) is 56.0 Å². The Morgan fingerprint density at radius 1 is 1.28 bits per heavy atom. The first-order valence-corrected chi connectivity index (χ1v) is 10.3. The molecule has 1 aromatic heterocycles. The maximum absolute atomic E-state index is 12.9. The van der Waals surface area contributed by atoms with Crippen molar-refractivity contribution in [3.63, 3.8) is 0 Å². The largest absolute Gasteiger partial charge is 0.487 e.